The van der Waals surface area contributed by atoms with Gasteiger partial charge in [0.05, 0.1) is 12.2 Å². The standard InChI is InChI=1S/C21H23FO3/c1-2-12-24-21(23)18-8-5-7-17(15-10-11-15)19(18)14-25-20-9-4-3-6-16(20)13-22/h3-9,15H,2,10-14H2,1H3. The van der Waals surface area contributed by atoms with Crippen molar-refractivity contribution in [2.24, 2.45) is 0 Å². The van der Waals surface area contributed by atoms with Crippen molar-refractivity contribution in [3.8, 4) is 5.75 Å². The van der Waals surface area contributed by atoms with Gasteiger partial charge in [-0.05, 0) is 42.9 Å². The molecule has 0 N–H and O–H groups in total. The fraction of sp³-hybridized carbons (Fsp3) is 0.381. The Kier molecular flexibility index (Phi) is 5.69. The molecular formula is C21H23FO3. The molecule has 1 aliphatic rings. The molecule has 0 atom stereocenters. The smallest absolute Gasteiger partial charge is 0.338 e. The first kappa shape index (κ1) is 17.5. The molecule has 0 amide bonds. The molecule has 2 aromatic carbocycles. The van der Waals surface area contributed by atoms with Crippen LogP contribution in [0.25, 0.3) is 0 Å². The minimum absolute atomic E-state index is 0.236. The van der Waals surface area contributed by atoms with Crippen molar-refractivity contribution >= 4 is 5.97 Å². The van der Waals surface area contributed by atoms with Crippen LogP contribution in [0.2, 0.25) is 0 Å². The largest absolute Gasteiger partial charge is 0.488 e. The van der Waals surface area contributed by atoms with Crippen LogP contribution in [-0.2, 0) is 18.0 Å². The van der Waals surface area contributed by atoms with Crippen molar-refractivity contribution in [2.75, 3.05) is 6.61 Å². The number of halogens is 1. The van der Waals surface area contributed by atoms with Crippen LogP contribution in [0.3, 0.4) is 0 Å². The molecule has 0 heterocycles. The van der Waals surface area contributed by atoms with Crippen LogP contribution in [0.4, 0.5) is 4.39 Å². The lowest BCUT2D eigenvalue weighted by Crippen LogP contribution is -2.13. The highest BCUT2D eigenvalue weighted by Gasteiger charge is 2.28. The first-order valence-corrected chi connectivity index (χ1v) is 8.80. The van der Waals surface area contributed by atoms with Crippen molar-refractivity contribution in [3.63, 3.8) is 0 Å². The van der Waals surface area contributed by atoms with E-state index >= 15 is 0 Å². The van der Waals surface area contributed by atoms with Crippen molar-refractivity contribution in [1.82, 2.24) is 0 Å². The molecule has 2 aromatic rings. The molecule has 1 aliphatic carbocycles. The molecule has 0 aliphatic heterocycles. The van der Waals surface area contributed by atoms with Crippen LogP contribution < -0.4 is 4.74 Å². The molecule has 3 nitrogen and oxygen atoms in total. The summed E-state index contributed by atoms with van der Waals surface area (Å²) >= 11 is 0. The molecule has 0 spiro atoms. The lowest BCUT2D eigenvalue weighted by Gasteiger charge is -2.16. The molecule has 0 unspecified atom stereocenters. The lowest BCUT2D eigenvalue weighted by atomic mass is 9.98. The van der Waals surface area contributed by atoms with Crippen molar-refractivity contribution in [1.29, 1.82) is 0 Å². The number of rotatable bonds is 8. The maximum Gasteiger partial charge on any atom is 0.338 e. The van der Waals surface area contributed by atoms with Gasteiger partial charge in [0, 0.05) is 11.1 Å². The number of carbonyl (C=O) groups excluding carboxylic acids is 1. The van der Waals surface area contributed by atoms with Gasteiger partial charge >= 0.3 is 5.97 Å². The summed E-state index contributed by atoms with van der Waals surface area (Å²) in [5, 5.41) is 0. The first-order chi connectivity index (χ1) is 12.2. The molecule has 1 fully saturated rings. The molecule has 132 valence electrons. The summed E-state index contributed by atoms with van der Waals surface area (Å²) in [5.41, 5.74) is 3.07. The molecule has 0 saturated heterocycles. The predicted molar refractivity (Wildman–Crippen MR) is 94.6 cm³/mol. The topological polar surface area (TPSA) is 35.5 Å². The van der Waals surface area contributed by atoms with Crippen LogP contribution in [0, 0.1) is 0 Å². The summed E-state index contributed by atoms with van der Waals surface area (Å²) in [6.07, 6.45) is 3.03. The molecule has 3 rings (SSSR count). The molecule has 0 bridgehead atoms. The Morgan fingerprint density at radius 1 is 1.16 bits per heavy atom. The number of para-hydroxylation sites is 1. The summed E-state index contributed by atoms with van der Waals surface area (Å²) in [4.78, 5) is 12.4. The third-order valence-corrected chi connectivity index (χ3v) is 4.38. The fourth-order valence-electron chi connectivity index (χ4n) is 2.91. The predicted octanol–water partition coefficient (Wildman–Crippen LogP) is 5.18. The second-order valence-corrected chi connectivity index (χ2v) is 6.31. The van der Waals surface area contributed by atoms with Gasteiger partial charge in [0.25, 0.3) is 0 Å². The van der Waals surface area contributed by atoms with E-state index in [-0.39, 0.29) is 12.6 Å². The number of hydrogen-bond donors (Lipinski definition) is 0. The van der Waals surface area contributed by atoms with Gasteiger partial charge in [-0.1, -0.05) is 37.3 Å². The van der Waals surface area contributed by atoms with Gasteiger partial charge in [0.1, 0.15) is 19.0 Å². The zero-order valence-corrected chi connectivity index (χ0v) is 14.5. The van der Waals surface area contributed by atoms with Gasteiger partial charge in [-0.25, -0.2) is 9.18 Å². The maximum atomic E-state index is 13.1. The van der Waals surface area contributed by atoms with Crippen LogP contribution in [0.15, 0.2) is 42.5 Å². The molecule has 1 saturated carbocycles. The second kappa shape index (κ2) is 8.15. The Hall–Kier alpha value is -2.36. The first-order valence-electron chi connectivity index (χ1n) is 8.80. The number of hydrogen-bond acceptors (Lipinski definition) is 3. The van der Waals surface area contributed by atoms with E-state index in [0.29, 0.717) is 29.4 Å². The molecular weight excluding hydrogens is 319 g/mol. The Labute approximate surface area is 147 Å². The quantitative estimate of drug-likeness (QED) is 0.620. The van der Waals surface area contributed by atoms with E-state index in [1.54, 1.807) is 24.3 Å². The average molecular weight is 342 g/mol. The summed E-state index contributed by atoms with van der Waals surface area (Å²) in [6.45, 7) is 2.02. The Balaban J connectivity index is 1.86. The van der Waals surface area contributed by atoms with Crippen LogP contribution >= 0.6 is 0 Å². The van der Waals surface area contributed by atoms with Gasteiger partial charge in [0.15, 0.2) is 0 Å². The van der Waals surface area contributed by atoms with E-state index in [4.69, 9.17) is 9.47 Å². The summed E-state index contributed by atoms with van der Waals surface area (Å²) in [7, 11) is 0. The van der Waals surface area contributed by atoms with E-state index < -0.39 is 6.67 Å². The normalized spacial score (nSPS) is 13.5. The van der Waals surface area contributed by atoms with Gasteiger partial charge < -0.3 is 9.47 Å². The van der Waals surface area contributed by atoms with Crippen LogP contribution in [-0.4, -0.2) is 12.6 Å². The molecule has 25 heavy (non-hydrogen) atoms. The zero-order valence-electron chi connectivity index (χ0n) is 14.5. The van der Waals surface area contributed by atoms with Gasteiger partial charge in [-0.2, -0.15) is 0 Å². The second-order valence-electron chi connectivity index (χ2n) is 6.31. The Bertz CT molecular complexity index is 738. The summed E-state index contributed by atoms with van der Waals surface area (Å²) in [6, 6.07) is 12.8. The third kappa shape index (κ3) is 4.19. The van der Waals surface area contributed by atoms with Crippen molar-refractivity contribution in [2.45, 2.75) is 45.4 Å². The Morgan fingerprint density at radius 3 is 2.68 bits per heavy atom. The lowest BCUT2D eigenvalue weighted by molar-refractivity contribution is 0.0502. The highest BCUT2D eigenvalue weighted by Crippen LogP contribution is 2.42. The number of ether oxygens (including phenoxy) is 2. The minimum atomic E-state index is -0.578. The maximum absolute atomic E-state index is 13.1. The van der Waals surface area contributed by atoms with E-state index in [9.17, 15) is 9.18 Å². The number of benzene rings is 2. The minimum Gasteiger partial charge on any atom is -0.488 e. The van der Waals surface area contributed by atoms with Gasteiger partial charge in [0.2, 0.25) is 0 Å². The summed E-state index contributed by atoms with van der Waals surface area (Å²) < 4.78 is 24.3. The summed E-state index contributed by atoms with van der Waals surface area (Å²) in [5.74, 6) is 0.680. The van der Waals surface area contributed by atoms with Crippen LogP contribution in [0.5, 0.6) is 5.75 Å². The van der Waals surface area contributed by atoms with E-state index in [1.165, 1.54) is 0 Å². The highest BCUT2D eigenvalue weighted by atomic mass is 19.1. The zero-order chi connectivity index (χ0) is 17.6. The van der Waals surface area contributed by atoms with E-state index in [2.05, 4.69) is 0 Å². The highest BCUT2D eigenvalue weighted by molar-refractivity contribution is 5.91. The third-order valence-electron chi connectivity index (χ3n) is 4.38. The fourth-order valence-corrected chi connectivity index (χ4v) is 2.91. The molecule has 4 heteroatoms. The van der Waals surface area contributed by atoms with Gasteiger partial charge in [-0.15, -0.1) is 0 Å². The number of alkyl halides is 1. The average Bonchev–Trinajstić information content (AvgIpc) is 3.49. The number of carbonyl (C=O) groups is 1. The molecule has 0 radical (unpaired) electrons. The van der Waals surface area contributed by atoms with Crippen molar-refractivity contribution in [3.05, 3.63) is 64.7 Å². The Morgan fingerprint density at radius 2 is 1.96 bits per heavy atom. The van der Waals surface area contributed by atoms with Gasteiger partial charge in [-0.3, -0.25) is 0 Å². The van der Waals surface area contributed by atoms with E-state index in [1.807, 2.05) is 25.1 Å². The molecule has 0 aromatic heterocycles. The monoisotopic (exact) mass is 342 g/mol. The SMILES string of the molecule is CCCOC(=O)c1cccc(C2CC2)c1COc1ccccc1CF. The van der Waals surface area contributed by atoms with Crippen molar-refractivity contribution < 1.29 is 18.7 Å². The number of esters is 1. The van der Waals surface area contributed by atoms with E-state index in [0.717, 1.165) is 30.4 Å². The van der Waals surface area contributed by atoms with Crippen LogP contribution in [0.1, 0.15) is 59.2 Å².